The van der Waals surface area contributed by atoms with Crippen LogP contribution < -0.4 is 0 Å². The number of rotatable bonds is 12. The van der Waals surface area contributed by atoms with Crippen LogP contribution in [0.2, 0.25) is 0 Å². The fourth-order valence-electron chi connectivity index (χ4n) is 4.78. The Morgan fingerprint density at radius 2 is 0.580 bits per heavy atom. The number of benzene rings is 4. The maximum Gasteiger partial charge on any atom is 0.335 e. The van der Waals surface area contributed by atoms with Gasteiger partial charge >= 0.3 is 23.9 Å². The monoisotopic (exact) mass is 664 g/mol. The van der Waals surface area contributed by atoms with Crippen LogP contribution in [0.3, 0.4) is 0 Å². The number of hydrogen-bond acceptors (Lipinski definition) is 6. The van der Waals surface area contributed by atoms with Gasteiger partial charge in [0.05, 0.1) is 45.0 Å². The second-order valence-electron chi connectivity index (χ2n) is 10.8. The second kappa shape index (κ2) is 15.6. The van der Waals surface area contributed by atoms with Crippen LogP contribution in [0.15, 0.2) is 97.1 Å². The highest BCUT2D eigenvalue weighted by atomic mass is 16.4. The van der Waals surface area contributed by atoms with E-state index >= 15 is 0 Å². The van der Waals surface area contributed by atoms with Crippen molar-refractivity contribution in [3.63, 3.8) is 0 Å². The summed E-state index contributed by atoms with van der Waals surface area (Å²) in [5.74, 6) is -4.29. The van der Waals surface area contributed by atoms with Crippen LogP contribution in [0.5, 0.6) is 0 Å². The molecule has 0 saturated heterocycles. The Balaban J connectivity index is 1.66. The SMILES string of the molecule is O=C(O)c1cccc(/C=C/c2nc(/C=C/c3cccc(C(=O)O)c3)c(/C=C/c3cccc(C(=O)O)c3)nc2/C=C/c2cccc(C(=O)O)c2)c1. The first-order valence-electron chi connectivity index (χ1n) is 15.0. The molecule has 10 heteroatoms. The summed E-state index contributed by atoms with van der Waals surface area (Å²) >= 11 is 0. The zero-order valence-electron chi connectivity index (χ0n) is 26.2. The molecular formula is C40H28N2O8. The summed E-state index contributed by atoms with van der Waals surface area (Å²) in [6, 6.07) is 25.4. The Hall–Kier alpha value is -7.20. The van der Waals surface area contributed by atoms with E-state index in [1.165, 1.54) is 48.5 Å². The molecule has 5 rings (SSSR count). The van der Waals surface area contributed by atoms with Crippen LogP contribution in [0.1, 0.15) is 86.5 Å². The predicted molar refractivity (Wildman–Crippen MR) is 191 cm³/mol. The van der Waals surface area contributed by atoms with Crippen molar-refractivity contribution in [2.45, 2.75) is 0 Å². The van der Waals surface area contributed by atoms with E-state index in [1.807, 2.05) is 0 Å². The number of aromatic nitrogens is 2. The highest BCUT2D eigenvalue weighted by Gasteiger charge is 2.10. The lowest BCUT2D eigenvalue weighted by Crippen LogP contribution is -2.00. The fraction of sp³-hybridized carbons (Fsp3) is 0. The van der Waals surface area contributed by atoms with Gasteiger partial charge in [0.1, 0.15) is 0 Å². The summed E-state index contributed by atoms with van der Waals surface area (Å²) in [5, 5.41) is 37.8. The van der Waals surface area contributed by atoms with Gasteiger partial charge in [-0.1, -0.05) is 72.8 Å². The third kappa shape index (κ3) is 8.99. The molecule has 0 spiro atoms. The standard InChI is InChI=1S/C40H28N2O8/c43-37(44)29-9-1-5-25(21-29)13-17-33-34(18-14-26-6-2-10-30(22-26)38(45)46)42-36(20-16-28-8-4-12-32(24-28)40(49)50)35(41-33)19-15-27-7-3-11-31(23-27)39(47)48/h1-24H,(H,43,44)(H,45,46)(H,47,48)(H,49,50)/b17-13+,18-14+,19-15+,20-16+. The van der Waals surface area contributed by atoms with Gasteiger partial charge < -0.3 is 20.4 Å². The molecule has 0 bridgehead atoms. The lowest BCUT2D eigenvalue weighted by Gasteiger charge is -2.08. The number of aromatic carboxylic acids is 4. The van der Waals surface area contributed by atoms with E-state index in [4.69, 9.17) is 9.97 Å². The minimum atomic E-state index is -1.07. The summed E-state index contributed by atoms with van der Waals surface area (Å²) in [6.07, 6.45) is 13.5. The van der Waals surface area contributed by atoms with Crippen molar-refractivity contribution < 1.29 is 39.6 Å². The van der Waals surface area contributed by atoms with E-state index in [-0.39, 0.29) is 22.3 Å². The fourth-order valence-corrected chi connectivity index (χ4v) is 4.78. The Labute approximate surface area is 286 Å². The van der Waals surface area contributed by atoms with Crippen molar-refractivity contribution in [2.75, 3.05) is 0 Å². The third-order valence-electron chi connectivity index (χ3n) is 7.28. The first-order valence-corrected chi connectivity index (χ1v) is 15.0. The lowest BCUT2D eigenvalue weighted by molar-refractivity contribution is 0.0686. The molecule has 0 aliphatic heterocycles. The van der Waals surface area contributed by atoms with E-state index in [2.05, 4.69) is 0 Å². The van der Waals surface area contributed by atoms with E-state index in [0.717, 1.165) is 0 Å². The zero-order chi connectivity index (χ0) is 35.6. The van der Waals surface area contributed by atoms with E-state index in [0.29, 0.717) is 45.0 Å². The molecule has 0 radical (unpaired) electrons. The van der Waals surface area contributed by atoms with Gasteiger partial charge in [-0.05, 0) is 95.1 Å². The molecule has 0 saturated carbocycles. The number of carboxylic acid groups (broad SMARTS) is 4. The smallest absolute Gasteiger partial charge is 0.335 e. The molecule has 0 atom stereocenters. The average molecular weight is 665 g/mol. The molecule has 0 aliphatic rings. The molecule has 1 heterocycles. The molecule has 246 valence electrons. The summed E-state index contributed by atoms with van der Waals surface area (Å²) in [6.45, 7) is 0. The summed E-state index contributed by atoms with van der Waals surface area (Å²) in [5.41, 5.74) is 4.38. The van der Waals surface area contributed by atoms with Crippen LogP contribution >= 0.6 is 0 Å². The molecule has 5 aromatic rings. The van der Waals surface area contributed by atoms with Gasteiger partial charge in [0.2, 0.25) is 0 Å². The van der Waals surface area contributed by atoms with Crippen LogP contribution in [0, 0.1) is 0 Å². The molecule has 0 aliphatic carbocycles. The maximum atomic E-state index is 11.5. The largest absolute Gasteiger partial charge is 0.478 e. The van der Waals surface area contributed by atoms with Crippen LogP contribution in [0.4, 0.5) is 0 Å². The zero-order valence-corrected chi connectivity index (χ0v) is 26.2. The first kappa shape index (κ1) is 34.1. The van der Waals surface area contributed by atoms with Crippen molar-refractivity contribution in [2.24, 2.45) is 0 Å². The highest BCUT2D eigenvalue weighted by molar-refractivity contribution is 5.91. The molecule has 50 heavy (non-hydrogen) atoms. The molecule has 4 N–H and O–H groups in total. The number of carboxylic acids is 4. The minimum Gasteiger partial charge on any atom is -0.478 e. The highest BCUT2D eigenvalue weighted by Crippen LogP contribution is 2.21. The third-order valence-corrected chi connectivity index (χ3v) is 7.28. The summed E-state index contributed by atoms with van der Waals surface area (Å²) in [7, 11) is 0. The molecule has 0 fully saturated rings. The van der Waals surface area contributed by atoms with Crippen molar-refractivity contribution in [1.29, 1.82) is 0 Å². The Morgan fingerprint density at radius 3 is 0.780 bits per heavy atom. The molecule has 10 nitrogen and oxygen atoms in total. The molecule has 0 amide bonds. The average Bonchev–Trinajstić information content (AvgIpc) is 3.12. The van der Waals surface area contributed by atoms with Gasteiger partial charge in [0.25, 0.3) is 0 Å². The molecule has 4 aromatic carbocycles. The molecule has 0 unspecified atom stereocenters. The van der Waals surface area contributed by atoms with Crippen LogP contribution in [-0.4, -0.2) is 54.3 Å². The van der Waals surface area contributed by atoms with Crippen molar-refractivity contribution in [1.82, 2.24) is 9.97 Å². The summed E-state index contributed by atoms with van der Waals surface area (Å²) < 4.78 is 0. The molecular weight excluding hydrogens is 636 g/mol. The quantitative estimate of drug-likeness (QED) is 0.102. The maximum absolute atomic E-state index is 11.5. The van der Waals surface area contributed by atoms with Crippen LogP contribution in [0.25, 0.3) is 48.6 Å². The molecule has 1 aromatic heterocycles. The second-order valence-corrected chi connectivity index (χ2v) is 10.8. The number of carbonyl (C=O) groups is 4. The van der Waals surface area contributed by atoms with Crippen molar-refractivity contribution in [3.8, 4) is 0 Å². The van der Waals surface area contributed by atoms with Crippen LogP contribution in [-0.2, 0) is 0 Å². The Morgan fingerprint density at radius 1 is 0.360 bits per heavy atom. The Bertz CT molecular complexity index is 1940. The van der Waals surface area contributed by atoms with E-state index < -0.39 is 23.9 Å². The number of hydrogen-bond donors (Lipinski definition) is 4. The van der Waals surface area contributed by atoms with Gasteiger partial charge in [-0.25, -0.2) is 29.1 Å². The Kier molecular flexibility index (Phi) is 10.6. The van der Waals surface area contributed by atoms with Gasteiger partial charge in [0, 0.05) is 0 Å². The van der Waals surface area contributed by atoms with Gasteiger partial charge in [-0.15, -0.1) is 0 Å². The minimum absolute atomic E-state index is 0.108. The van der Waals surface area contributed by atoms with Crippen molar-refractivity contribution in [3.05, 3.63) is 164 Å². The normalized spacial score (nSPS) is 11.5. The van der Waals surface area contributed by atoms with Gasteiger partial charge in [-0.2, -0.15) is 0 Å². The topological polar surface area (TPSA) is 175 Å². The van der Waals surface area contributed by atoms with Gasteiger partial charge in [0.15, 0.2) is 0 Å². The summed E-state index contributed by atoms with van der Waals surface area (Å²) in [4.78, 5) is 55.9. The van der Waals surface area contributed by atoms with E-state index in [1.54, 1.807) is 97.1 Å². The predicted octanol–water partition coefficient (Wildman–Crippen LogP) is 7.95. The van der Waals surface area contributed by atoms with E-state index in [9.17, 15) is 39.6 Å². The lowest BCUT2D eigenvalue weighted by atomic mass is 10.1. The van der Waals surface area contributed by atoms with Crippen molar-refractivity contribution >= 4 is 72.5 Å². The number of nitrogens with zero attached hydrogens (tertiary/aromatic N) is 2. The first-order chi connectivity index (χ1) is 24.0. The van der Waals surface area contributed by atoms with Gasteiger partial charge in [-0.3, -0.25) is 0 Å².